The lowest BCUT2D eigenvalue weighted by molar-refractivity contribution is -0.111. The number of benzene rings is 2. The molecule has 0 fully saturated rings. The average Bonchev–Trinajstić information content (AvgIpc) is 3.02. The van der Waals surface area contributed by atoms with Crippen LogP contribution in [0.15, 0.2) is 60.7 Å². The molecule has 0 aliphatic carbocycles. The lowest BCUT2D eigenvalue weighted by atomic mass is 10.2. The van der Waals surface area contributed by atoms with Crippen LogP contribution in [0.25, 0.3) is 6.08 Å². The second kappa shape index (κ2) is 7.61. The van der Waals surface area contributed by atoms with E-state index in [-0.39, 0.29) is 11.7 Å². The van der Waals surface area contributed by atoms with E-state index in [1.807, 2.05) is 30.3 Å². The molecule has 0 aliphatic rings. The third-order valence-electron chi connectivity index (χ3n) is 3.19. The van der Waals surface area contributed by atoms with Gasteiger partial charge in [0, 0.05) is 12.5 Å². The van der Waals surface area contributed by atoms with Crippen LogP contribution in [0.4, 0.5) is 9.52 Å². The Morgan fingerprint density at radius 1 is 1.08 bits per heavy atom. The molecule has 24 heavy (non-hydrogen) atoms. The van der Waals surface area contributed by atoms with Gasteiger partial charge in [-0.15, -0.1) is 10.2 Å². The first-order valence-electron chi connectivity index (χ1n) is 7.30. The summed E-state index contributed by atoms with van der Waals surface area (Å²) in [6, 6.07) is 15.8. The molecule has 1 N–H and O–H groups in total. The Morgan fingerprint density at radius 3 is 2.58 bits per heavy atom. The molecule has 1 aromatic heterocycles. The van der Waals surface area contributed by atoms with E-state index in [1.54, 1.807) is 18.2 Å². The highest BCUT2D eigenvalue weighted by atomic mass is 32.1. The molecular formula is C18H14FN3OS. The summed E-state index contributed by atoms with van der Waals surface area (Å²) < 4.78 is 12.8. The Labute approximate surface area is 142 Å². The molecule has 3 rings (SSSR count). The van der Waals surface area contributed by atoms with E-state index < -0.39 is 0 Å². The molecule has 0 radical (unpaired) electrons. The molecule has 4 nitrogen and oxygen atoms in total. The lowest BCUT2D eigenvalue weighted by Crippen LogP contribution is -2.07. The molecular weight excluding hydrogens is 325 g/mol. The number of amides is 1. The van der Waals surface area contributed by atoms with E-state index in [0.29, 0.717) is 11.6 Å². The maximum atomic E-state index is 12.8. The first-order chi connectivity index (χ1) is 11.7. The predicted octanol–water partition coefficient (Wildman–Crippen LogP) is 3.92. The molecule has 3 aromatic rings. The minimum Gasteiger partial charge on any atom is -0.297 e. The van der Waals surface area contributed by atoms with E-state index in [1.165, 1.54) is 29.5 Å². The molecule has 0 spiro atoms. The highest BCUT2D eigenvalue weighted by Gasteiger charge is 2.07. The maximum absolute atomic E-state index is 12.8. The smallest absolute Gasteiger partial charge is 0.250 e. The number of nitrogens with zero attached hydrogens (tertiary/aromatic N) is 2. The Balaban J connectivity index is 1.58. The Kier molecular flexibility index (Phi) is 5.08. The van der Waals surface area contributed by atoms with Crippen molar-refractivity contribution in [2.24, 2.45) is 0 Å². The SMILES string of the molecule is O=C(/C=C/c1ccc(F)cc1)Nc1nnc(Cc2ccccc2)s1. The Hall–Kier alpha value is -2.86. The van der Waals surface area contributed by atoms with Crippen molar-refractivity contribution in [1.29, 1.82) is 0 Å². The zero-order valence-corrected chi connectivity index (χ0v) is 13.5. The summed E-state index contributed by atoms with van der Waals surface area (Å²) in [5.74, 6) is -0.613. The van der Waals surface area contributed by atoms with Gasteiger partial charge in [0.15, 0.2) is 0 Å². The van der Waals surface area contributed by atoms with Gasteiger partial charge in [-0.25, -0.2) is 4.39 Å². The topological polar surface area (TPSA) is 54.9 Å². The van der Waals surface area contributed by atoms with Crippen LogP contribution in [-0.4, -0.2) is 16.1 Å². The highest BCUT2D eigenvalue weighted by molar-refractivity contribution is 7.15. The summed E-state index contributed by atoms with van der Waals surface area (Å²) in [5, 5.41) is 12.0. The zero-order chi connectivity index (χ0) is 16.8. The number of nitrogens with one attached hydrogen (secondary N) is 1. The minimum absolute atomic E-state index is 0.304. The number of rotatable bonds is 5. The summed E-state index contributed by atoms with van der Waals surface area (Å²) in [7, 11) is 0. The van der Waals surface area contributed by atoms with Crippen LogP contribution in [0.5, 0.6) is 0 Å². The van der Waals surface area contributed by atoms with Crippen LogP contribution in [0.2, 0.25) is 0 Å². The number of anilines is 1. The van der Waals surface area contributed by atoms with Crippen LogP contribution in [0.3, 0.4) is 0 Å². The molecule has 0 bridgehead atoms. The van der Waals surface area contributed by atoms with Crippen LogP contribution in [0, 0.1) is 5.82 Å². The van der Waals surface area contributed by atoms with Gasteiger partial charge in [-0.3, -0.25) is 10.1 Å². The summed E-state index contributed by atoms with van der Waals surface area (Å²) in [5.41, 5.74) is 1.89. The standard InChI is InChI=1S/C18H14FN3OS/c19-15-9-6-13(7-10-15)8-11-16(23)20-18-22-21-17(24-18)12-14-4-2-1-3-5-14/h1-11H,12H2,(H,20,22,23)/b11-8+. The van der Waals surface area contributed by atoms with Gasteiger partial charge in [-0.05, 0) is 29.3 Å². The first-order valence-corrected chi connectivity index (χ1v) is 8.11. The van der Waals surface area contributed by atoms with Crippen molar-refractivity contribution in [2.75, 3.05) is 5.32 Å². The molecule has 0 saturated heterocycles. The fourth-order valence-corrected chi connectivity index (χ4v) is 2.82. The van der Waals surface area contributed by atoms with Crippen LogP contribution in [-0.2, 0) is 11.2 Å². The predicted molar refractivity (Wildman–Crippen MR) is 93.2 cm³/mol. The normalized spacial score (nSPS) is 10.9. The minimum atomic E-state index is -0.309. The molecule has 0 atom stereocenters. The van der Waals surface area contributed by atoms with Crippen molar-refractivity contribution in [3.63, 3.8) is 0 Å². The van der Waals surface area contributed by atoms with Crippen LogP contribution >= 0.6 is 11.3 Å². The lowest BCUT2D eigenvalue weighted by Gasteiger charge is -1.96. The van der Waals surface area contributed by atoms with Crippen LogP contribution in [0.1, 0.15) is 16.1 Å². The molecule has 120 valence electrons. The second-order valence-electron chi connectivity index (χ2n) is 5.04. The highest BCUT2D eigenvalue weighted by Crippen LogP contribution is 2.18. The molecule has 1 heterocycles. The number of carbonyl (C=O) groups excluding carboxylic acids is 1. The van der Waals surface area contributed by atoms with Crippen molar-refractivity contribution in [2.45, 2.75) is 6.42 Å². The van der Waals surface area contributed by atoms with Crippen molar-refractivity contribution in [3.8, 4) is 0 Å². The molecule has 1 amide bonds. The van der Waals surface area contributed by atoms with Gasteiger partial charge < -0.3 is 0 Å². The number of halogens is 1. The van der Waals surface area contributed by atoms with Crippen molar-refractivity contribution < 1.29 is 9.18 Å². The van der Waals surface area contributed by atoms with Gasteiger partial charge in [-0.1, -0.05) is 53.8 Å². The summed E-state index contributed by atoms with van der Waals surface area (Å²) in [6.45, 7) is 0. The fourth-order valence-electron chi connectivity index (χ4n) is 2.04. The Bertz CT molecular complexity index is 844. The van der Waals surface area contributed by atoms with E-state index in [0.717, 1.165) is 16.1 Å². The molecule has 2 aromatic carbocycles. The first kappa shape index (κ1) is 16.0. The Morgan fingerprint density at radius 2 is 1.83 bits per heavy atom. The summed E-state index contributed by atoms with van der Waals surface area (Å²) in [4.78, 5) is 11.9. The second-order valence-corrected chi connectivity index (χ2v) is 6.10. The molecule has 0 unspecified atom stereocenters. The third-order valence-corrected chi connectivity index (χ3v) is 4.03. The van der Waals surface area contributed by atoms with Gasteiger partial charge in [0.1, 0.15) is 10.8 Å². The summed E-state index contributed by atoms with van der Waals surface area (Å²) in [6.07, 6.45) is 3.67. The number of hydrogen-bond donors (Lipinski definition) is 1. The van der Waals surface area contributed by atoms with Gasteiger partial charge in [0.25, 0.3) is 0 Å². The van der Waals surface area contributed by atoms with Crippen LogP contribution < -0.4 is 5.32 Å². The van der Waals surface area contributed by atoms with E-state index in [9.17, 15) is 9.18 Å². The third kappa shape index (κ3) is 4.57. The largest absolute Gasteiger partial charge is 0.297 e. The van der Waals surface area contributed by atoms with Gasteiger partial charge >= 0.3 is 0 Å². The van der Waals surface area contributed by atoms with Crippen molar-refractivity contribution in [3.05, 3.63) is 82.6 Å². The van der Waals surface area contributed by atoms with E-state index in [2.05, 4.69) is 15.5 Å². The van der Waals surface area contributed by atoms with Gasteiger partial charge in [0.2, 0.25) is 11.0 Å². The van der Waals surface area contributed by atoms with Crippen molar-refractivity contribution in [1.82, 2.24) is 10.2 Å². The number of hydrogen-bond acceptors (Lipinski definition) is 4. The monoisotopic (exact) mass is 339 g/mol. The zero-order valence-electron chi connectivity index (χ0n) is 12.6. The van der Waals surface area contributed by atoms with Crippen molar-refractivity contribution >= 4 is 28.5 Å². The number of aromatic nitrogens is 2. The summed E-state index contributed by atoms with van der Waals surface area (Å²) >= 11 is 1.34. The molecule has 6 heteroatoms. The fraction of sp³-hybridized carbons (Fsp3) is 0.0556. The van der Waals surface area contributed by atoms with Gasteiger partial charge in [-0.2, -0.15) is 0 Å². The average molecular weight is 339 g/mol. The molecule has 0 aliphatic heterocycles. The maximum Gasteiger partial charge on any atom is 0.250 e. The van der Waals surface area contributed by atoms with E-state index in [4.69, 9.17) is 0 Å². The number of carbonyl (C=O) groups is 1. The van der Waals surface area contributed by atoms with Gasteiger partial charge in [0.05, 0.1) is 0 Å². The molecule has 0 saturated carbocycles. The quantitative estimate of drug-likeness (QED) is 0.717. The van der Waals surface area contributed by atoms with E-state index >= 15 is 0 Å².